The first kappa shape index (κ1) is 20.6. The van der Waals surface area contributed by atoms with Gasteiger partial charge >= 0.3 is 0 Å². The van der Waals surface area contributed by atoms with E-state index in [0.29, 0.717) is 12.1 Å². The Morgan fingerprint density at radius 2 is 1.83 bits per heavy atom. The van der Waals surface area contributed by atoms with Crippen molar-refractivity contribution in [3.8, 4) is 0 Å². The maximum Gasteiger partial charge on any atom is 0.272 e. The van der Waals surface area contributed by atoms with Gasteiger partial charge in [0.1, 0.15) is 5.82 Å². The Hall–Kier alpha value is -4.15. The summed E-state index contributed by atoms with van der Waals surface area (Å²) in [6, 6.07) is 6.16. The fraction of sp³-hybridized carbons (Fsp3) is 0.105. The van der Waals surface area contributed by atoms with Crippen LogP contribution >= 0.6 is 0 Å². The molecule has 154 valence electrons. The van der Waals surface area contributed by atoms with Crippen LogP contribution in [0.4, 0.5) is 20.3 Å². The minimum absolute atomic E-state index is 0.00145. The van der Waals surface area contributed by atoms with Crippen molar-refractivity contribution >= 4 is 29.2 Å². The number of nitrogens with one attached hydrogen (secondary N) is 4. The summed E-state index contributed by atoms with van der Waals surface area (Å²) in [5.74, 6) is -4.33. The number of carbonyl (C=O) groups is 3. The fourth-order valence-electron chi connectivity index (χ4n) is 2.50. The van der Waals surface area contributed by atoms with E-state index >= 15 is 0 Å². The number of rotatable bonds is 6. The second-order valence-corrected chi connectivity index (χ2v) is 6.16. The number of pyridine rings is 1. The van der Waals surface area contributed by atoms with Crippen molar-refractivity contribution < 1.29 is 23.2 Å². The van der Waals surface area contributed by atoms with Gasteiger partial charge in [0.2, 0.25) is 5.91 Å². The van der Waals surface area contributed by atoms with Crippen LogP contribution < -0.4 is 16.0 Å². The van der Waals surface area contributed by atoms with E-state index in [-0.39, 0.29) is 29.3 Å². The van der Waals surface area contributed by atoms with Crippen molar-refractivity contribution in [1.82, 2.24) is 20.5 Å². The number of amides is 3. The van der Waals surface area contributed by atoms with Crippen molar-refractivity contribution in [2.24, 2.45) is 0 Å². The summed E-state index contributed by atoms with van der Waals surface area (Å²) < 4.78 is 27.1. The summed E-state index contributed by atoms with van der Waals surface area (Å²) in [5, 5.41) is 13.6. The van der Waals surface area contributed by atoms with E-state index in [1.54, 1.807) is 24.5 Å². The highest BCUT2D eigenvalue weighted by atomic mass is 19.2. The summed E-state index contributed by atoms with van der Waals surface area (Å²) >= 11 is 0. The molecule has 30 heavy (non-hydrogen) atoms. The largest absolute Gasteiger partial charge is 0.347 e. The minimum Gasteiger partial charge on any atom is -0.347 e. The Labute approximate surface area is 168 Å². The monoisotopic (exact) mass is 414 g/mol. The Morgan fingerprint density at radius 3 is 2.53 bits per heavy atom. The van der Waals surface area contributed by atoms with E-state index in [1.807, 2.05) is 0 Å². The summed E-state index contributed by atoms with van der Waals surface area (Å²) in [6.07, 6.45) is 3.21. The number of halogens is 2. The molecule has 2 aromatic heterocycles. The molecule has 11 heteroatoms. The molecular weight excluding hydrogens is 398 g/mol. The van der Waals surface area contributed by atoms with E-state index in [4.69, 9.17) is 0 Å². The smallest absolute Gasteiger partial charge is 0.272 e. The molecule has 0 bridgehead atoms. The normalized spacial score (nSPS) is 10.4. The maximum atomic E-state index is 13.6. The molecular formula is C19H16F2N6O3. The zero-order valence-corrected chi connectivity index (χ0v) is 15.6. The summed E-state index contributed by atoms with van der Waals surface area (Å²) in [7, 11) is 0. The molecule has 2 heterocycles. The summed E-state index contributed by atoms with van der Waals surface area (Å²) in [6.45, 7) is 1.39. The van der Waals surface area contributed by atoms with Crippen LogP contribution in [-0.4, -0.2) is 32.9 Å². The van der Waals surface area contributed by atoms with Gasteiger partial charge in [-0.2, -0.15) is 5.10 Å². The molecule has 3 rings (SSSR count). The number of hydrogen-bond acceptors (Lipinski definition) is 5. The second-order valence-electron chi connectivity index (χ2n) is 6.16. The zero-order valence-electron chi connectivity index (χ0n) is 15.6. The Morgan fingerprint density at radius 1 is 1.07 bits per heavy atom. The number of aromatic nitrogens is 3. The summed E-state index contributed by atoms with van der Waals surface area (Å²) in [4.78, 5) is 39.8. The van der Waals surface area contributed by atoms with Crippen LogP contribution in [0, 0.1) is 11.6 Å². The first-order valence-electron chi connectivity index (χ1n) is 8.64. The fourth-order valence-corrected chi connectivity index (χ4v) is 2.50. The topological polar surface area (TPSA) is 129 Å². The van der Waals surface area contributed by atoms with E-state index in [1.165, 1.54) is 6.07 Å². The molecule has 9 nitrogen and oxygen atoms in total. The van der Waals surface area contributed by atoms with Gasteiger partial charge in [-0.1, -0.05) is 6.07 Å². The van der Waals surface area contributed by atoms with Crippen molar-refractivity contribution in [3.05, 3.63) is 71.2 Å². The van der Waals surface area contributed by atoms with Crippen LogP contribution in [-0.2, 0) is 11.3 Å². The number of H-pyrrole nitrogens is 1. The predicted molar refractivity (Wildman–Crippen MR) is 103 cm³/mol. The number of benzene rings is 1. The van der Waals surface area contributed by atoms with Crippen LogP contribution in [0.5, 0.6) is 0 Å². The third-order valence-corrected chi connectivity index (χ3v) is 3.85. The molecule has 0 radical (unpaired) electrons. The number of anilines is 2. The van der Waals surface area contributed by atoms with Crippen LogP contribution in [0.3, 0.4) is 0 Å². The van der Waals surface area contributed by atoms with Gasteiger partial charge in [-0.05, 0) is 17.7 Å². The Balaban J connectivity index is 1.69. The Bertz CT molecular complexity index is 1100. The molecule has 0 fully saturated rings. The molecule has 0 unspecified atom stereocenters. The van der Waals surface area contributed by atoms with Crippen LogP contribution in [0.15, 0.2) is 42.7 Å². The number of aromatic amines is 1. The van der Waals surface area contributed by atoms with Crippen LogP contribution in [0.2, 0.25) is 0 Å². The van der Waals surface area contributed by atoms with Gasteiger partial charge in [-0.3, -0.25) is 24.5 Å². The predicted octanol–water partition coefficient (Wildman–Crippen LogP) is 2.22. The highest BCUT2D eigenvalue weighted by molar-refractivity contribution is 6.10. The summed E-state index contributed by atoms with van der Waals surface area (Å²) in [5.41, 5.74) is 0.287. The van der Waals surface area contributed by atoms with Gasteiger partial charge in [0.25, 0.3) is 11.8 Å². The molecule has 0 saturated carbocycles. The second kappa shape index (κ2) is 8.90. The van der Waals surface area contributed by atoms with E-state index < -0.39 is 29.4 Å². The van der Waals surface area contributed by atoms with Crippen molar-refractivity contribution in [2.45, 2.75) is 13.5 Å². The molecule has 3 amide bonds. The first-order chi connectivity index (χ1) is 14.3. The number of nitrogens with zero attached hydrogens (tertiary/aromatic N) is 2. The molecule has 1 aromatic carbocycles. The lowest BCUT2D eigenvalue weighted by Gasteiger charge is -2.10. The van der Waals surface area contributed by atoms with E-state index in [9.17, 15) is 23.2 Å². The minimum atomic E-state index is -1.26. The lowest BCUT2D eigenvalue weighted by molar-refractivity contribution is -0.114. The third-order valence-electron chi connectivity index (χ3n) is 3.85. The third kappa shape index (κ3) is 5.01. The molecule has 0 atom stereocenters. The van der Waals surface area contributed by atoms with Gasteiger partial charge in [0, 0.05) is 38.0 Å². The van der Waals surface area contributed by atoms with E-state index in [2.05, 4.69) is 31.1 Å². The Kier molecular flexibility index (Phi) is 6.11. The van der Waals surface area contributed by atoms with E-state index in [0.717, 1.165) is 12.5 Å². The van der Waals surface area contributed by atoms with Gasteiger partial charge in [-0.25, -0.2) is 8.78 Å². The van der Waals surface area contributed by atoms with Gasteiger partial charge in [-0.15, -0.1) is 0 Å². The first-order valence-corrected chi connectivity index (χ1v) is 8.64. The molecule has 0 spiro atoms. The van der Waals surface area contributed by atoms with Crippen molar-refractivity contribution in [3.63, 3.8) is 0 Å². The SMILES string of the molecule is CC(=O)Nc1cc(F)c(F)cc1C(=O)Nc1cc(C(=O)NCc2cccnc2)n[nH]1. The molecule has 0 aliphatic rings. The van der Waals surface area contributed by atoms with Gasteiger partial charge < -0.3 is 16.0 Å². The molecule has 4 N–H and O–H groups in total. The van der Waals surface area contributed by atoms with Gasteiger partial charge in [0.05, 0.1) is 11.3 Å². The molecule has 0 aliphatic carbocycles. The maximum absolute atomic E-state index is 13.6. The zero-order chi connectivity index (χ0) is 21.7. The van der Waals surface area contributed by atoms with Crippen LogP contribution in [0.1, 0.15) is 33.3 Å². The lowest BCUT2D eigenvalue weighted by atomic mass is 10.1. The van der Waals surface area contributed by atoms with Crippen LogP contribution in [0.25, 0.3) is 0 Å². The highest BCUT2D eigenvalue weighted by Crippen LogP contribution is 2.21. The number of hydrogen-bond donors (Lipinski definition) is 4. The number of carbonyl (C=O) groups excluding carboxylic acids is 3. The lowest BCUT2D eigenvalue weighted by Crippen LogP contribution is -2.23. The standard InChI is InChI=1S/C19H16F2N6O3/c1-10(28)24-15-6-14(21)13(20)5-12(15)18(29)25-17-7-16(26-27-17)19(30)23-9-11-3-2-4-22-8-11/h2-8H,9H2,1H3,(H,23,30)(H,24,28)(H2,25,26,27,29). The van der Waals surface area contributed by atoms with Crippen molar-refractivity contribution in [1.29, 1.82) is 0 Å². The average Bonchev–Trinajstić information content (AvgIpc) is 3.17. The average molecular weight is 414 g/mol. The molecule has 3 aromatic rings. The molecule has 0 aliphatic heterocycles. The quantitative estimate of drug-likeness (QED) is 0.492. The highest BCUT2D eigenvalue weighted by Gasteiger charge is 2.19. The van der Waals surface area contributed by atoms with Gasteiger partial charge in [0.15, 0.2) is 17.3 Å². The van der Waals surface area contributed by atoms with Crippen molar-refractivity contribution in [2.75, 3.05) is 10.6 Å². The molecule has 0 saturated heterocycles.